The topological polar surface area (TPSA) is 132 Å². The molecule has 11 heteroatoms. The van der Waals surface area contributed by atoms with E-state index in [1.807, 2.05) is 0 Å². The number of nitrogens with one attached hydrogen (secondary N) is 1. The molecule has 24 heavy (non-hydrogen) atoms. The Morgan fingerprint density at radius 3 is 3.00 bits per heavy atom. The van der Waals surface area contributed by atoms with E-state index < -0.39 is 10.8 Å². The predicted molar refractivity (Wildman–Crippen MR) is 87.0 cm³/mol. The Labute approximate surface area is 144 Å². The molecule has 0 radical (unpaired) electrons. The normalized spacial score (nSPS) is 10.8. The number of amides is 1. The van der Waals surface area contributed by atoms with Crippen LogP contribution in [0.15, 0.2) is 34.1 Å². The molecule has 1 heterocycles. The highest BCUT2D eigenvalue weighted by Crippen LogP contribution is 2.34. The maximum absolute atomic E-state index is 11.7. The molecule has 2 rings (SSSR count). The third kappa shape index (κ3) is 4.29. The lowest BCUT2D eigenvalue weighted by Gasteiger charge is -2.06. The molecule has 10 nitrogen and oxygen atoms in total. The van der Waals surface area contributed by atoms with Crippen molar-refractivity contribution in [2.24, 2.45) is 5.10 Å². The molecular formula is C13H12BrN5O5. The van der Waals surface area contributed by atoms with Gasteiger partial charge in [0.2, 0.25) is 0 Å². The third-order valence-corrected chi connectivity index (χ3v) is 3.41. The average Bonchev–Trinajstić information content (AvgIpc) is 2.99. The largest absolute Gasteiger partial charge is 0.503 e. The number of hydrazone groups is 1. The monoisotopic (exact) mass is 397 g/mol. The molecule has 1 amide bonds. The van der Waals surface area contributed by atoms with Crippen LogP contribution in [0.2, 0.25) is 0 Å². The van der Waals surface area contributed by atoms with E-state index in [0.717, 1.165) is 17.1 Å². The van der Waals surface area contributed by atoms with E-state index in [2.05, 4.69) is 31.6 Å². The molecule has 0 unspecified atom stereocenters. The third-order valence-electron chi connectivity index (χ3n) is 2.81. The Morgan fingerprint density at radius 1 is 1.62 bits per heavy atom. The summed E-state index contributed by atoms with van der Waals surface area (Å²) in [4.78, 5) is 21.6. The van der Waals surface area contributed by atoms with Crippen molar-refractivity contribution in [2.45, 2.75) is 6.54 Å². The van der Waals surface area contributed by atoms with Crippen LogP contribution in [0.5, 0.6) is 11.5 Å². The zero-order chi connectivity index (χ0) is 17.7. The molecule has 0 fully saturated rings. The average molecular weight is 398 g/mol. The van der Waals surface area contributed by atoms with E-state index in [1.54, 1.807) is 6.07 Å². The molecule has 126 valence electrons. The Balaban J connectivity index is 1.97. The predicted octanol–water partition coefficient (Wildman–Crippen LogP) is 1.42. The number of nitro groups is 1. The number of aromatic nitrogens is 2. The van der Waals surface area contributed by atoms with Crippen molar-refractivity contribution in [3.05, 3.63) is 44.7 Å². The quantitative estimate of drug-likeness (QED) is 0.430. The van der Waals surface area contributed by atoms with Gasteiger partial charge in [-0.05, 0) is 33.6 Å². The van der Waals surface area contributed by atoms with Gasteiger partial charge in [-0.1, -0.05) is 0 Å². The summed E-state index contributed by atoms with van der Waals surface area (Å²) >= 11 is 3.17. The molecule has 0 bridgehead atoms. The first-order chi connectivity index (χ1) is 11.4. The summed E-state index contributed by atoms with van der Waals surface area (Å²) in [6.45, 7) is -0.215. The number of nitrogens with zero attached hydrogens (tertiary/aromatic N) is 4. The summed E-state index contributed by atoms with van der Waals surface area (Å²) in [7, 11) is 1.41. The summed E-state index contributed by atoms with van der Waals surface area (Å²) in [5.74, 6) is -0.297. The van der Waals surface area contributed by atoms with Gasteiger partial charge in [-0.3, -0.25) is 19.6 Å². The molecular weight excluding hydrogens is 386 g/mol. The first kappa shape index (κ1) is 17.4. The Morgan fingerprint density at radius 2 is 2.38 bits per heavy atom. The number of carbonyl (C=O) groups excluding carboxylic acids is 1. The molecule has 0 saturated carbocycles. The smallest absolute Gasteiger partial charge is 0.307 e. The van der Waals surface area contributed by atoms with E-state index in [1.165, 1.54) is 19.4 Å². The van der Waals surface area contributed by atoms with Gasteiger partial charge in [0.05, 0.1) is 22.7 Å². The first-order valence-corrected chi connectivity index (χ1v) is 7.25. The van der Waals surface area contributed by atoms with Crippen molar-refractivity contribution in [3.63, 3.8) is 0 Å². The van der Waals surface area contributed by atoms with Crippen molar-refractivity contribution in [1.82, 2.24) is 15.2 Å². The number of carbonyl (C=O) groups is 1. The minimum atomic E-state index is -0.602. The number of hydrogen-bond acceptors (Lipinski definition) is 7. The van der Waals surface area contributed by atoms with Gasteiger partial charge in [0.1, 0.15) is 18.9 Å². The molecule has 1 aromatic carbocycles. The number of aromatic hydroxyl groups is 1. The van der Waals surface area contributed by atoms with E-state index in [0.29, 0.717) is 10.0 Å². The SMILES string of the molecule is COc1cc(C=NNC(=O)Cn2cc([N+](=O)[O-])cn2)cc(Br)c1O. The van der Waals surface area contributed by atoms with Crippen molar-refractivity contribution in [2.75, 3.05) is 7.11 Å². The number of benzene rings is 1. The minimum absolute atomic E-state index is 0.0426. The lowest BCUT2D eigenvalue weighted by atomic mass is 10.2. The van der Waals surface area contributed by atoms with Gasteiger partial charge in [-0.2, -0.15) is 10.2 Å². The molecule has 0 saturated heterocycles. The molecule has 1 aromatic heterocycles. The second-order valence-electron chi connectivity index (χ2n) is 4.50. The summed E-state index contributed by atoms with van der Waals surface area (Å²) < 4.78 is 6.54. The highest BCUT2D eigenvalue weighted by atomic mass is 79.9. The second-order valence-corrected chi connectivity index (χ2v) is 5.35. The highest BCUT2D eigenvalue weighted by molar-refractivity contribution is 9.10. The molecule has 0 spiro atoms. The van der Waals surface area contributed by atoms with Crippen LogP contribution in [0.4, 0.5) is 5.69 Å². The Hall–Kier alpha value is -2.95. The number of rotatable bonds is 6. The number of methoxy groups -OCH3 is 1. The molecule has 0 aliphatic heterocycles. The van der Waals surface area contributed by atoms with Gasteiger partial charge in [0.15, 0.2) is 11.5 Å². The Kier molecular flexibility index (Phi) is 5.47. The number of phenolic OH excluding ortho intramolecular Hbond substituents is 1. The molecule has 0 aliphatic rings. The fourth-order valence-corrected chi connectivity index (χ4v) is 2.18. The number of ether oxygens (including phenoxy) is 1. The fourth-order valence-electron chi connectivity index (χ4n) is 1.72. The summed E-state index contributed by atoms with van der Waals surface area (Å²) in [5, 5.41) is 27.7. The van der Waals surface area contributed by atoms with Crippen LogP contribution in [0.25, 0.3) is 0 Å². The van der Waals surface area contributed by atoms with Crippen molar-refractivity contribution >= 4 is 33.7 Å². The standard InChI is InChI=1S/C13H12BrN5O5/c1-24-11-3-8(2-10(14)13(11)21)4-15-17-12(20)7-18-6-9(5-16-18)19(22)23/h2-6,21H,7H2,1H3,(H,17,20). The van der Waals surface area contributed by atoms with Crippen LogP contribution in [0.1, 0.15) is 5.56 Å². The lowest BCUT2D eigenvalue weighted by Crippen LogP contribution is -2.23. The van der Waals surface area contributed by atoms with E-state index in [9.17, 15) is 20.0 Å². The zero-order valence-electron chi connectivity index (χ0n) is 12.3. The van der Waals surface area contributed by atoms with Crippen LogP contribution in [-0.2, 0) is 11.3 Å². The Bertz CT molecular complexity index is 804. The molecule has 2 N–H and O–H groups in total. The van der Waals surface area contributed by atoms with Gasteiger partial charge in [0.25, 0.3) is 5.91 Å². The highest BCUT2D eigenvalue weighted by Gasteiger charge is 2.11. The van der Waals surface area contributed by atoms with Gasteiger partial charge in [0, 0.05) is 0 Å². The van der Waals surface area contributed by atoms with Crippen molar-refractivity contribution in [3.8, 4) is 11.5 Å². The van der Waals surface area contributed by atoms with Gasteiger partial charge in [-0.15, -0.1) is 0 Å². The van der Waals surface area contributed by atoms with Crippen LogP contribution in [0, 0.1) is 10.1 Å². The van der Waals surface area contributed by atoms with Crippen molar-refractivity contribution in [1.29, 1.82) is 0 Å². The zero-order valence-corrected chi connectivity index (χ0v) is 13.9. The van der Waals surface area contributed by atoms with Crippen LogP contribution in [-0.4, -0.2) is 39.0 Å². The summed E-state index contributed by atoms with van der Waals surface area (Å²) in [5.41, 5.74) is 2.64. The van der Waals surface area contributed by atoms with E-state index in [4.69, 9.17) is 4.74 Å². The molecule has 2 aromatic rings. The number of hydrogen-bond donors (Lipinski definition) is 2. The second kappa shape index (κ2) is 7.55. The molecule has 0 atom stereocenters. The van der Waals surface area contributed by atoms with Crippen molar-refractivity contribution < 1.29 is 19.6 Å². The van der Waals surface area contributed by atoms with Crippen LogP contribution < -0.4 is 10.2 Å². The fraction of sp³-hybridized carbons (Fsp3) is 0.154. The van der Waals surface area contributed by atoms with Crippen LogP contribution in [0.3, 0.4) is 0 Å². The van der Waals surface area contributed by atoms with E-state index in [-0.39, 0.29) is 23.7 Å². The molecule has 0 aliphatic carbocycles. The van der Waals surface area contributed by atoms with Gasteiger partial charge in [-0.25, -0.2) is 5.43 Å². The van der Waals surface area contributed by atoms with Crippen LogP contribution >= 0.6 is 15.9 Å². The lowest BCUT2D eigenvalue weighted by molar-refractivity contribution is -0.385. The van der Waals surface area contributed by atoms with Gasteiger partial charge >= 0.3 is 5.69 Å². The summed E-state index contributed by atoms with van der Waals surface area (Å²) in [6.07, 6.45) is 3.55. The number of phenols is 1. The minimum Gasteiger partial charge on any atom is -0.503 e. The maximum atomic E-state index is 11.7. The van der Waals surface area contributed by atoms with Gasteiger partial charge < -0.3 is 9.84 Å². The maximum Gasteiger partial charge on any atom is 0.307 e. The first-order valence-electron chi connectivity index (χ1n) is 6.46. The summed E-state index contributed by atoms with van der Waals surface area (Å²) in [6, 6.07) is 3.12. The van der Waals surface area contributed by atoms with E-state index >= 15 is 0 Å². The number of halogens is 1.